The smallest absolute Gasteiger partial charge is 0.303 e. The topological polar surface area (TPSA) is 83.7 Å². The Morgan fingerprint density at radius 3 is 2.21 bits per heavy atom. The summed E-state index contributed by atoms with van der Waals surface area (Å²) in [5.74, 6) is -0.0699. The fourth-order valence-corrected chi connectivity index (χ4v) is 5.56. The SMILES string of the molecule is CC(C)(C)c1ccc(CNC(=O)c2cn3cc(-c4ccc([C@H]5CC[C@H](CC(=O)O)CC5)cc4)ccc3n2)cc1. The fraction of sp³-hybridized carbons (Fsp3) is 0.364. The van der Waals surface area contributed by atoms with Crippen LogP contribution in [0.3, 0.4) is 0 Å². The molecule has 1 fully saturated rings. The third kappa shape index (κ3) is 6.39. The van der Waals surface area contributed by atoms with Crippen molar-refractivity contribution >= 4 is 17.5 Å². The second-order valence-corrected chi connectivity index (χ2v) is 11.9. The maximum atomic E-state index is 12.8. The van der Waals surface area contributed by atoms with Gasteiger partial charge in [-0.25, -0.2) is 4.98 Å². The number of hydrogen-bond acceptors (Lipinski definition) is 3. The molecule has 0 unspecified atom stereocenters. The first-order valence-electron chi connectivity index (χ1n) is 13.8. The Balaban J connectivity index is 1.21. The van der Waals surface area contributed by atoms with Crippen molar-refractivity contribution < 1.29 is 14.7 Å². The molecule has 1 aliphatic rings. The van der Waals surface area contributed by atoms with Gasteiger partial charge in [0, 0.05) is 25.4 Å². The molecular formula is C33H37N3O3. The largest absolute Gasteiger partial charge is 0.481 e. The minimum absolute atomic E-state index is 0.100. The van der Waals surface area contributed by atoms with E-state index in [9.17, 15) is 9.59 Å². The van der Waals surface area contributed by atoms with Crippen LogP contribution in [0, 0.1) is 5.92 Å². The van der Waals surface area contributed by atoms with E-state index in [-0.39, 0.29) is 17.7 Å². The van der Waals surface area contributed by atoms with Crippen molar-refractivity contribution in [3.63, 3.8) is 0 Å². The number of aromatic nitrogens is 2. The molecular weight excluding hydrogens is 486 g/mol. The summed E-state index contributed by atoms with van der Waals surface area (Å²) in [5.41, 5.74) is 7.04. The molecule has 0 spiro atoms. The van der Waals surface area contributed by atoms with Crippen LogP contribution >= 0.6 is 0 Å². The first-order valence-corrected chi connectivity index (χ1v) is 13.8. The number of carboxylic acid groups (broad SMARTS) is 1. The lowest BCUT2D eigenvalue weighted by atomic mass is 9.77. The zero-order chi connectivity index (χ0) is 27.6. The molecule has 5 rings (SSSR count). The Kier molecular flexibility index (Phi) is 7.56. The van der Waals surface area contributed by atoms with Gasteiger partial charge in [0.15, 0.2) is 0 Å². The number of aliphatic carboxylic acids is 1. The summed E-state index contributed by atoms with van der Waals surface area (Å²) in [6, 6.07) is 21.0. The lowest BCUT2D eigenvalue weighted by molar-refractivity contribution is -0.138. The van der Waals surface area contributed by atoms with E-state index < -0.39 is 5.97 Å². The number of nitrogens with one attached hydrogen (secondary N) is 1. The number of pyridine rings is 1. The standard InChI is InChI=1S/C33H37N3O3/c1-33(2,3)28-15-6-23(7-16-28)19-34-32(39)29-21-36-20-27(14-17-30(36)35-29)26-12-10-25(11-13-26)24-8-4-22(5-9-24)18-31(37)38/h6-7,10-17,20-22,24H,4-5,8-9,18-19H2,1-3H3,(H,34,39)(H,37,38)/t22-,24-. The molecule has 1 amide bonds. The second-order valence-electron chi connectivity index (χ2n) is 11.9. The molecule has 6 nitrogen and oxygen atoms in total. The highest BCUT2D eigenvalue weighted by Gasteiger charge is 2.24. The van der Waals surface area contributed by atoms with Crippen LogP contribution in [0.4, 0.5) is 0 Å². The van der Waals surface area contributed by atoms with Crippen molar-refractivity contribution in [2.75, 3.05) is 0 Å². The molecule has 4 aromatic rings. The Morgan fingerprint density at radius 2 is 1.56 bits per heavy atom. The van der Waals surface area contributed by atoms with Gasteiger partial charge in [0.05, 0.1) is 0 Å². The van der Waals surface area contributed by atoms with Crippen LogP contribution in [-0.2, 0) is 16.8 Å². The van der Waals surface area contributed by atoms with Crippen LogP contribution in [0.5, 0.6) is 0 Å². The van der Waals surface area contributed by atoms with E-state index in [2.05, 4.69) is 79.6 Å². The average molecular weight is 524 g/mol. The lowest BCUT2D eigenvalue weighted by Crippen LogP contribution is -2.23. The lowest BCUT2D eigenvalue weighted by Gasteiger charge is -2.28. The van der Waals surface area contributed by atoms with Crippen LogP contribution in [0.15, 0.2) is 73.1 Å². The molecule has 1 saturated carbocycles. The first-order chi connectivity index (χ1) is 18.7. The van der Waals surface area contributed by atoms with Crippen molar-refractivity contribution in [3.8, 4) is 11.1 Å². The fourth-order valence-electron chi connectivity index (χ4n) is 5.56. The minimum Gasteiger partial charge on any atom is -0.481 e. The van der Waals surface area contributed by atoms with Gasteiger partial charge in [0.2, 0.25) is 0 Å². The molecule has 2 aromatic carbocycles. The van der Waals surface area contributed by atoms with E-state index in [1.165, 1.54) is 11.1 Å². The average Bonchev–Trinajstić information content (AvgIpc) is 3.35. The van der Waals surface area contributed by atoms with Gasteiger partial charge in [-0.05, 0) is 82.9 Å². The Morgan fingerprint density at radius 1 is 0.897 bits per heavy atom. The maximum absolute atomic E-state index is 12.8. The van der Waals surface area contributed by atoms with Gasteiger partial charge < -0.3 is 14.8 Å². The zero-order valence-electron chi connectivity index (χ0n) is 23.0. The van der Waals surface area contributed by atoms with Crippen molar-refractivity contribution in [1.82, 2.24) is 14.7 Å². The van der Waals surface area contributed by atoms with E-state index in [0.29, 0.717) is 24.1 Å². The van der Waals surface area contributed by atoms with E-state index in [1.54, 1.807) is 6.20 Å². The highest BCUT2D eigenvalue weighted by molar-refractivity contribution is 5.92. The molecule has 2 aromatic heterocycles. The summed E-state index contributed by atoms with van der Waals surface area (Å²) >= 11 is 0. The number of hydrogen-bond donors (Lipinski definition) is 2. The summed E-state index contributed by atoms with van der Waals surface area (Å²) in [6.07, 6.45) is 8.13. The molecule has 39 heavy (non-hydrogen) atoms. The Hall–Kier alpha value is -3.93. The van der Waals surface area contributed by atoms with Crippen molar-refractivity contribution in [1.29, 1.82) is 0 Å². The summed E-state index contributed by atoms with van der Waals surface area (Å²) in [5, 5.41) is 12.0. The van der Waals surface area contributed by atoms with Gasteiger partial charge in [-0.15, -0.1) is 0 Å². The third-order valence-corrected chi connectivity index (χ3v) is 7.98. The summed E-state index contributed by atoms with van der Waals surface area (Å²) in [4.78, 5) is 28.3. The number of fused-ring (bicyclic) bond motifs is 1. The number of rotatable bonds is 7. The number of carbonyl (C=O) groups is 2. The number of imidazole rings is 1. The molecule has 6 heteroatoms. The van der Waals surface area contributed by atoms with E-state index in [1.807, 2.05) is 22.7 Å². The van der Waals surface area contributed by atoms with Crippen molar-refractivity contribution in [3.05, 3.63) is 95.4 Å². The predicted molar refractivity (Wildman–Crippen MR) is 154 cm³/mol. The second kappa shape index (κ2) is 11.0. The van der Waals surface area contributed by atoms with Crippen molar-refractivity contribution in [2.45, 2.75) is 70.8 Å². The molecule has 202 valence electrons. The molecule has 0 saturated heterocycles. The van der Waals surface area contributed by atoms with Gasteiger partial charge >= 0.3 is 5.97 Å². The molecule has 2 heterocycles. The summed E-state index contributed by atoms with van der Waals surface area (Å²) in [6.45, 7) is 7.02. The van der Waals surface area contributed by atoms with Crippen molar-refractivity contribution in [2.24, 2.45) is 5.92 Å². The van der Waals surface area contributed by atoms with Gasteiger partial charge in [0.1, 0.15) is 11.3 Å². The summed E-state index contributed by atoms with van der Waals surface area (Å²) in [7, 11) is 0. The number of carboxylic acids is 1. The van der Waals surface area contributed by atoms with Gasteiger partial charge in [-0.3, -0.25) is 9.59 Å². The molecule has 0 radical (unpaired) electrons. The Bertz CT molecular complexity index is 1460. The monoisotopic (exact) mass is 523 g/mol. The maximum Gasteiger partial charge on any atom is 0.303 e. The van der Waals surface area contributed by atoms with Crippen LogP contribution in [-0.4, -0.2) is 26.4 Å². The third-order valence-electron chi connectivity index (χ3n) is 7.98. The van der Waals surface area contributed by atoms with Crippen LogP contribution in [0.1, 0.15) is 86.0 Å². The minimum atomic E-state index is -0.688. The molecule has 0 aliphatic heterocycles. The van der Waals surface area contributed by atoms with Gasteiger partial charge in [0.25, 0.3) is 5.91 Å². The molecule has 0 atom stereocenters. The molecule has 1 aliphatic carbocycles. The zero-order valence-corrected chi connectivity index (χ0v) is 23.0. The van der Waals surface area contributed by atoms with Gasteiger partial charge in [-0.1, -0.05) is 69.3 Å². The van der Waals surface area contributed by atoms with E-state index in [4.69, 9.17) is 5.11 Å². The van der Waals surface area contributed by atoms with Crippen LogP contribution in [0.25, 0.3) is 16.8 Å². The summed E-state index contributed by atoms with van der Waals surface area (Å²) < 4.78 is 1.90. The normalized spacial score (nSPS) is 17.7. The van der Waals surface area contributed by atoms with E-state index in [0.717, 1.165) is 48.0 Å². The molecule has 0 bridgehead atoms. The highest BCUT2D eigenvalue weighted by atomic mass is 16.4. The van der Waals surface area contributed by atoms with Crippen LogP contribution < -0.4 is 5.32 Å². The van der Waals surface area contributed by atoms with Gasteiger partial charge in [-0.2, -0.15) is 0 Å². The molecule has 2 N–H and O–H groups in total. The predicted octanol–water partition coefficient (Wildman–Crippen LogP) is 6.98. The number of benzene rings is 2. The quantitative estimate of drug-likeness (QED) is 0.274. The first kappa shape index (κ1) is 26.7. The number of nitrogens with zero attached hydrogens (tertiary/aromatic N) is 2. The van der Waals surface area contributed by atoms with E-state index >= 15 is 0 Å². The van der Waals surface area contributed by atoms with Crippen LogP contribution in [0.2, 0.25) is 0 Å². The number of carbonyl (C=O) groups excluding carboxylic acids is 1. The Labute approximate surface area is 230 Å². The highest BCUT2D eigenvalue weighted by Crippen LogP contribution is 2.37. The number of amides is 1.